The summed E-state index contributed by atoms with van der Waals surface area (Å²) in [5.74, 6) is -1.63. The van der Waals surface area contributed by atoms with E-state index >= 15 is 4.39 Å². The number of methoxy groups -OCH3 is 1. The fourth-order valence-corrected chi connectivity index (χ4v) is 5.76. The number of carbonyl (C=O) groups is 1. The van der Waals surface area contributed by atoms with Crippen molar-refractivity contribution in [2.75, 3.05) is 18.2 Å². The molecule has 2 aromatic rings. The highest BCUT2D eigenvalue weighted by Gasteiger charge is 2.40. The van der Waals surface area contributed by atoms with Gasteiger partial charge in [0.1, 0.15) is 10.7 Å². The standard InChI is InChI=1S/C19H19ClFN3O4S/c1-28-18(25)12-8-7-10(12)11-4-2-5-13(15(11)21)22-17-16-14(23-19(20)24-17)6-3-9-29(16,26)27/h2,4-5,10,12H,3,6-9H2,1H3,(H,22,23,24). The highest BCUT2D eigenvalue weighted by Crippen LogP contribution is 2.45. The molecule has 29 heavy (non-hydrogen) atoms. The number of esters is 1. The third-order valence-corrected chi connectivity index (χ3v) is 7.55. The van der Waals surface area contributed by atoms with E-state index in [1.54, 1.807) is 12.1 Å². The summed E-state index contributed by atoms with van der Waals surface area (Å²) >= 11 is 5.96. The number of aromatic nitrogens is 2. The molecule has 4 rings (SSSR count). The van der Waals surface area contributed by atoms with Gasteiger partial charge in [-0.2, -0.15) is 4.98 Å². The van der Waals surface area contributed by atoms with Gasteiger partial charge in [0.05, 0.1) is 30.2 Å². The van der Waals surface area contributed by atoms with E-state index in [1.807, 2.05) is 0 Å². The molecule has 154 valence electrons. The first-order valence-corrected chi connectivity index (χ1v) is 11.3. The highest BCUT2D eigenvalue weighted by molar-refractivity contribution is 7.91. The Bertz CT molecular complexity index is 1090. The zero-order valence-electron chi connectivity index (χ0n) is 15.6. The van der Waals surface area contributed by atoms with Gasteiger partial charge in [-0.15, -0.1) is 0 Å². The van der Waals surface area contributed by atoms with Crippen LogP contribution in [-0.2, 0) is 25.8 Å². The summed E-state index contributed by atoms with van der Waals surface area (Å²) < 4.78 is 45.2. The minimum Gasteiger partial charge on any atom is -0.469 e. The number of aryl methyl sites for hydroxylation is 1. The number of rotatable bonds is 4. The fraction of sp³-hybridized carbons (Fsp3) is 0.421. The van der Waals surface area contributed by atoms with Gasteiger partial charge in [0.15, 0.2) is 15.7 Å². The quantitative estimate of drug-likeness (QED) is 0.575. The minimum atomic E-state index is -3.60. The number of hydrogen-bond donors (Lipinski definition) is 1. The molecule has 2 heterocycles. The van der Waals surface area contributed by atoms with Gasteiger partial charge in [-0.1, -0.05) is 12.1 Å². The van der Waals surface area contributed by atoms with Gasteiger partial charge in [-0.25, -0.2) is 17.8 Å². The van der Waals surface area contributed by atoms with E-state index in [4.69, 9.17) is 16.3 Å². The number of benzene rings is 1. The van der Waals surface area contributed by atoms with Gasteiger partial charge in [0, 0.05) is 5.92 Å². The first kappa shape index (κ1) is 20.0. The summed E-state index contributed by atoms with van der Waals surface area (Å²) in [7, 11) is -2.28. The lowest BCUT2D eigenvalue weighted by atomic mass is 9.70. The Morgan fingerprint density at radius 2 is 2.10 bits per heavy atom. The molecule has 1 fully saturated rings. The molecule has 1 N–H and O–H groups in total. The Hall–Kier alpha value is -2.26. The third kappa shape index (κ3) is 3.57. The SMILES string of the molecule is COC(=O)C1CCC1c1cccc(Nc2nc(Cl)nc3c2S(=O)(=O)CCC3)c1F. The number of sulfone groups is 1. The van der Waals surface area contributed by atoms with Crippen molar-refractivity contribution in [3.8, 4) is 0 Å². The first-order valence-electron chi connectivity index (χ1n) is 9.24. The van der Waals surface area contributed by atoms with Crippen LogP contribution >= 0.6 is 11.6 Å². The maximum absolute atomic E-state index is 15.3. The summed E-state index contributed by atoms with van der Waals surface area (Å²) in [4.78, 5) is 19.9. The van der Waals surface area contributed by atoms with E-state index in [-0.39, 0.29) is 45.2 Å². The maximum Gasteiger partial charge on any atom is 0.309 e. The van der Waals surface area contributed by atoms with Crippen molar-refractivity contribution >= 4 is 38.9 Å². The summed E-state index contributed by atoms with van der Waals surface area (Å²) in [5, 5.41) is 2.69. The smallest absolute Gasteiger partial charge is 0.309 e. The Morgan fingerprint density at radius 1 is 1.31 bits per heavy atom. The Balaban J connectivity index is 1.72. The molecule has 0 radical (unpaired) electrons. The Labute approximate surface area is 172 Å². The van der Waals surface area contributed by atoms with Gasteiger partial charge in [-0.05, 0) is 48.9 Å². The zero-order chi connectivity index (χ0) is 20.8. The second-order valence-corrected chi connectivity index (χ2v) is 9.57. The molecule has 1 aromatic heterocycles. The number of fused-ring (bicyclic) bond motifs is 1. The average Bonchev–Trinajstić information content (AvgIpc) is 2.62. The van der Waals surface area contributed by atoms with Crippen LogP contribution in [0.3, 0.4) is 0 Å². The van der Waals surface area contributed by atoms with Gasteiger partial charge >= 0.3 is 5.97 Å². The molecular formula is C19H19ClFN3O4S. The number of hydrogen-bond acceptors (Lipinski definition) is 7. The lowest BCUT2D eigenvalue weighted by Gasteiger charge is -2.35. The molecule has 1 aromatic carbocycles. The van der Waals surface area contributed by atoms with Crippen LogP contribution < -0.4 is 5.32 Å². The van der Waals surface area contributed by atoms with E-state index in [0.29, 0.717) is 36.9 Å². The van der Waals surface area contributed by atoms with Crippen molar-refractivity contribution < 1.29 is 22.3 Å². The molecular weight excluding hydrogens is 421 g/mol. The van der Waals surface area contributed by atoms with Crippen LogP contribution in [0.2, 0.25) is 5.28 Å². The molecule has 1 aliphatic heterocycles. The van der Waals surface area contributed by atoms with Crippen LogP contribution in [0.4, 0.5) is 15.9 Å². The number of nitrogens with zero attached hydrogens (tertiary/aromatic N) is 2. The van der Waals surface area contributed by atoms with E-state index < -0.39 is 15.7 Å². The van der Waals surface area contributed by atoms with E-state index in [1.165, 1.54) is 13.2 Å². The lowest BCUT2D eigenvalue weighted by Crippen LogP contribution is -2.32. The molecule has 0 saturated heterocycles. The molecule has 7 nitrogen and oxygen atoms in total. The van der Waals surface area contributed by atoms with Crippen molar-refractivity contribution in [2.24, 2.45) is 5.92 Å². The van der Waals surface area contributed by atoms with Crippen LogP contribution in [0.5, 0.6) is 0 Å². The molecule has 2 atom stereocenters. The van der Waals surface area contributed by atoms with E-state index in [0.717, 1.165) is 0 Å². The van der Waals surface area contributed by atoms with Crippen molar-refractivity contribution in [1.29, 1.82) is 0 Å². The van der Waals surface area contributed by atoms with Crippen LogP contribution in [0.1, 0.15) is 36.4 Å². The topological polar surface area (TPSA) is 98.2 Å². The Kier molecular flexibility index (Phi) is 5.20. The molecule has 0 spiro atoms. The van der Waals surface area contributed by atoms with Crippen molar-refractivity contribution in [3.63, 3.8) is 0 Å². The molecule has 10 heteroatoms. The largest absolute Gasteiger partial charge is 0.469 e. The molecule has 1 aliphatic carbocycles. The van der Waals surface area contributed by atoms with Gasteiger partial charge in [-0.3, -0.25) is 4.79 Å². The van der Waals surface area contributed by atoms with Crippen LogP contribution in [0.25, 0.3) is 0 Å². The van der Waals surface area contributed by atoms with Crippen LogP contribution in [0, 0.1) is 11.7 Å². The maximum atomic E-state index is 15.3. The van der Waals surface area contributed by atoms with E-state index in [2.05, 4.69) is 15.3 Å². The zero-order valence-corrected chi connectivity index (χ0v) is 17.2. The van der Waals surface area contributed by atoms with Crippen molar-refractivity contribution in [1.82, 2.24) is 9.97 Å². The number of nitrogens with one attached hydrogen (secondary N) is 1. The summed E-state index contributed by atoms with van der Waals surface area (Å²) in [6.45, 7) is 0. The highest BCUT2D eigenvalue weighted by atomic mass is 35.5. The fourth-order valence-electron chi connectivity index (χ4n) is 3.95. The predicted octanol–water partition coefficient (Wildman–Crippen LogP) is 3.40. The molecule has 1 saturated carbocycles. The number of carbonyl (C=O) groups excluding carboxylic acids is 1. The second-order valence-electron chi connectivity index (χ2n) is 7.19. The lowest BCUT2D eigenvalue weighted by molar-refractivity contribution is -0.149. The van der Waals surface area contributed by atoms with Crippen molar-refractivity contribution in [3.05, 3.63) is 40.6 Å². The molecule has 0 amide bonds. The Morgan fingerprint density at radius 3 is 2.79 bits per heavy atom. The van der Waals surface area contributed by atoms with Gasteiger partial charge in [0.25, 0.3) is 0 Å². The minimum absolute atomic E-state index is 0.0227. The number of anilines is 2. The summed E-state index contributed by atoms with van der Waals surface area (Å²) in [5.41, 5.74) is 0.782. The molecule has 2 aliphatic rings. The normalized spacial score (nSPS) is 22.3. The molecule has 2 unspecified atom stereocenters. The monoisotopic (exact) mass is 439 g/mol. The summed E-state index contributed by atoms with van der Waals surface area (Å²) in [6, 6.07) is 4.76. The predicted molar refractivity (Wildman–Crippen MR) is 105 cm³/mol. The van der Waals surface area contributed by atoms with Crippen LogP contribution in [0.15, 0.2) is 23.1 Å². The van der Waals surface area contributed by atoms with Gasteiger partial charge in [0.2, 0.25) is 5.28 Å². The third-order valence-electron chi connectivity index (χ3n) is 5.51. The number of ether oxygens (including phenoxy) is 1. The first-order chi connectivity index (χ1) is 13.8. The van der Waals surface area contributed by atoms with Crippen LogP contribution in [-0.4, -0.2) is 37.2 Å². The second kappa shape index (κ2) is 7.53. The summed E-state index contributed by atoms with van der Waals surface area (Å²) in [6.07, 6.45) is 2.21. The average molecular weight is 440 g/mol. The number of halogens is 2. The van der Waals surface area contributed by atoms with Crippen molar-refractivity contribution in [2.45, 2.75) is 36.5 Å². The van der Waals surface area contributed by atoms with E-state index in [9.17, 15) is 13.2 Å². The van der Waals surface area contributed by atoms with Gasteiger partial charge < -0.3 is 10.1 Å². The molecule has 0 bridgehead atoms.